The van der Waals surface area contributed by atoms with Gasteiger partial charge in [-0.15, -0.1) is 10.2 Å². The first kappa shape index (κ1) is 19.8. The van der Waals surface area contributed by atoms with Gasteiger partial charge in [0, 0.05) is 17.9 Å². The SMILES string of the molecule is CCN(Cc1nnc(C(=O)Nc2ccc(OC)cc2)s1)c1cc(C)cc(C)c1. The van der Waals surface area contributed by atoms with E-state index in [1.807, 2.05) is 0 Å². The summed E-state index contributed by atoms with van der Waals surface area (Å²) in [6.07, 6.45) is 0. The number of nitrogens with zero attached hydrogens (tertiary/aromatic N) is 3. The number of rotatable bonds is 7. The van der Waals surface area contributed by atoms with Crippen LogP contribution < -0.4 is 15.0 Å². The fraction of sp³-hybridized carbons (Fsp3) is 0.286. The van der Waals surface area contributed by atoms with Crippen molar-refractivity contribution < 1.29 is 9.53 Å². The van der Waals surface area contributed by atoms with E-state index in [-0.39, 0.29) is 5.91 Å². The fourth-order valence-electron chi connectivity index (χ4n) is 2.95. The topological polar surface area (TPSA) is 67.4 Å². The van der Waals surface area contributed by atoms with Crippen molar-refractivity contribution in [3.63, 3.8) is 0 Å². The number of amides is 1. The zero-order chi connectivity index (χ0) is 20.1. The molecule has 0 aliphatic heterocycles. The second-order valence-electron chi connectivity index (χ2n) is 6.54. The van der Waals surface area contributed by atoms with Crippen LogP contribution in [-0.4, -0.2) is 29.8 Å². The number of carbonyl (C=O) groups excluding carboxylic acids is 1. The number of aryl methyl sites for hydroxylation is 2. The van der Waals surface area contributed by atoms with Gasteiger partial charge in [-0.3, -0.25) is 4.79 Å². The third-order valence-electron chi connectivity index (χ3n) is 4.29. The number of methoxy groups -OCH3 is 1. The van der Waals surface area contributed by atoms with E-state index in [2.05, 4.69) is 59.4 Å². The average Bonchev–Trinajstić information content (AvgIpc) is 3.14. The molecular formula is C21H24N4O2S. The lowest BCUT2D eigenvalue weighted by Gasteiger charge is -2.22. The van der Waals surface area contributed by atoms with Crippen LogP contribution in [0.15, 0.2) is 42.5 Å². The summed E-state index contributed by atoms with van der Waals surface area (Å²) in [5, 5.41) is 12.3. The molecule has 6 nitrogen and oxygen atoms in total. The summed E-state index contributed by atoms with van der Waals surface area (Å²) >= 11 is 1.31. The molecule has 0 fully saturated rings. The molecule has 1 amide bonds. The summed E-state index contributed by atoms with van der Waals surface area (Å²) in [6, 6.07) is 13.6. The minimum atomic E-state index is -0.261. The van der Waals surface area contributed by atoms with E-state index >= 15 is 0 Å². The highest BCUT2D eigenvalue weighted by Gasteiger charge is 2.15. The number of carbonyl (C=O) groups is 1. The molecule has 28 heavy (non-hydrogen) atoms. The number of anilines is 2. The van der Waals surface area contributed by atoms with Crippen LogP contribution in [-0.2, 0) is 6.54 Å². The Labute approximate surface area is 169 Å². The van der Waals surface area contributed by atoms with E-state index < -0.39 is 0 Å². The van der Waals surface area contributed by atoms with Gasteiger partial charge >= 0.3 is 0 Å². The smallest absolute Gasteiger partial charge is 0.286 e. The van der Waals surface area contributed by atoms with Crippen molar-refractivity contribution in [2.24, 2.45) is 0 Å². The Kier molecular flexibility index (Phi) is 6.26. The van der Waals surface area contributed by atoms with Gasteiger partial charge in [0.25, 0.3) is 5.91 Å². The monoisotopic (exact) mass is 396 g/mol. The van der Waals surface area contributed by atoms with Crippen molar-refractivity contribution in [1.82, 2.24) is 10.2 Å². The van der Waals surface area contributed by atoms with Gasteiger partial charge in [-0.2, -0.15) is 0 Å². The molecule has 3 aromatic rings. The van der Waals surface area contributed by atoms with Crippen LogP contribution in [0.4, 0.5) is 11.4 Å². The molecule has 1 aromatic heterocycles. The molecule has 0 bridgehead atoms. The minimum Gasteiger partial charge on any atom is -0.497 e. The molecule has 146 valence electrons. The summed E-state index contributed by atoms with van der Waals surface area (Å²) in [4.78, 5) is 14.7. The lowest BCUT2D eigenvalue weighted by atomic mass is 10.1. The Morgan fingerprint density at radius 2 is 1.79 bits per heavy atom. The predicted molar refractivity (Wildman–Crippen MR) is 113 cm³/mol. The molecule has 0 aliphatic rings. The van der Waals surface area contributed by atoms with Crippen LogP contribution >= 0.6 is 11.3 Å². The molecule has 0 radical (unpaired) electrons. The predicted octanol–water partition coefficient (Wildman–Crippen LogP) is 4.44. The molecular weight excluding hydrogens is 372 g/mol. The second kappa shape index (κ2) is 8.84. The fourth-order valence-corrected chi connectivity index (χ4v) is 3.70. The zero-order valence-corrected chi connectivity index (χ0v) is 17.3. The normalized spacial score (nSPS) is 10.6. The van der Waals surface area contributed by atoms with E-state index in [1.165, 1.54) is 22.5 Å². The van der Waals surface area contributed by atoms with Gasteiger partial charge < -0.3 is 15.0 Å². The third-order valence-corrected chi connectivity index (χ3v) is 5.20. The van der Waals surface area contributed by atoms with Gasteiger partial charge in [-0.1, -0.05) is 17.4 Å². The van der Waals surface area contributed by atoms with Crippen LogP contribution in [0.2, 0.25) is 0 Å². The maximum Gasteiger partial charge on any atom is 0.286 e. The van der Waals surface area contributed by atoms with Crippen molar-refractivity contribution in [3.05, 3.63) is 63.6 Å². The van der Waals surface area contributed by atoms with E-state index in [0.717, 1.165) is 23.0 Å². The number of hydrogen-bond donors (Lipinski definition) is 1. The standard InChI is InChI=1S/C21H24N4O2S/c1-5-25(17-11-14(2)10-15(3)12-17)13-19-23-24-21(28-19)20(26)22-16-6-8-18(27-4)9-7-16/h6-12H,5,13H2,1-4H3,(H,22,26). The summed E-state index contributed by atoms with van der Waals surface area (Å²) in [7, 11) is 1.61. The maximum atomic E-state index is 12.4. The van der Waals surface area contributed by atoms with Gasteiger partial charge in [-0.05, 0) is 68.3 Å². The molecule has 0 aliphatic carbocycles. The number of hydrogen-bond acceptors (Lipinski definition) is 6. The molecule has 0 saturated carbocycles. The molecule has 0 saturated heterocycles. The minimum absolute atomic E-state index is 0.261. The van der Waals surface area contributed by atoms with Gasteiger partial charge in [0.15, 0.2) is 0 Å². The summed E-state index contributed by atoms with van der Waals surface area (Å²) in [6.45, 7) is 7.76. The number of benzene rings is 2. The summed E-state index contributed by atoms with van der Waals surface area (Å²) < 4.78 is 5.12. The van der Waals surface area contributed by atoms with E-state index in [4.69, 9.17) is 4.74 Å². The molecule has 0 unspecified atom stereocenters. The highest BCUT2D eigenvalue weighted by atomic mass is 32.1. The molecule has 1 heterocycles. The Hall–Kier alpha value is -2.93. The van der Waals surface area contributed by atoms with Crippen molar-refractivity contribution in [2.45, 2.75) is 27.3 Å². The highest BCUT2D eigenvalue weighted by molar-refractivity contribution is 7.13. The largest absolute Gasteiger partial charge is 0.497 e. The van der Waals surface area contributed by atoms with E-state index in [0.29, 0.717) is 17.2 Å². The number of ether oxygens (including phenoxy) is 1. The zero-order valence-electron chi connectivity index (χ0n) is 16.5. The third kappa shape index (κ3) is 4.86. The number of aromatic nitrogens is 2. The Balaban J connectivity index is 1.68. The molecule has 3 rings (SSSR count). The van der Waals surface area contributed by atoms with Crippen LogP contribution in [0.3, 0.4) is 0 Å². The lowest BCUT2D eigenvalue weighted by molar-refractivity contribution is 0.102. The van der Waals surface area contributed by atoms with Crippen LogP contribution in [0.1, 0.15) is 32.9 Å². The molecule has 7 heteroatoms. The molecule has 0 spiro atoms. The molecule has 1 N–H and O–H groups in total. The first-order chi connectivity index (χ1) is 13.5. The van der Waals surface area contributed by atoms with Crippen molar-refractivity contribution >= 4 is 28.6 Å². The van der Waals surface area contributed by atoms with E-state index in [9.17, 15) is 4.79 Å². The van der Waals surface area contributed by atoms with Gasteiger partial charge in [0.05, 0.1) is 13.7 Å². The second-order valence-corrected chi connectivity index (χ2v) is 7.61. The van der Waals surface area contributed by atoms with Crippen molar-refractivity contribution in [2.75, 3.05) is 23.9 Å². The first-order valence-electron chi connectivity index (χ1n) is 9.09. The Morgan fingerprint density at radius 1 is 1.11 bits per heavy atom. The first-order valence-corrected chi connectivity index (χ1v) is 9.91. The van der Waals surface area contributed by atoms with Crippen LogP contribution in [0.5, 0.6) is 5.75 Å². The Morgan fingerprint density at radius 3 is 2.39 bits per heavy atom. The van der Waals surface area contributed by atoms with Gasteiger partial charge in [0.2, 0.25) is 5.01 Å². The highest BCUT2D eigenvalue weighted by Crippen LogP contribution is 2.22. The van der Waals surface area contributed by atoms with Gasteiger partial charge in [0.1, 0.15) is 10.8 Å². The van der Waals surface area contributed by atoms with E-state index in [1.54, 1.807) is 31.4 Å². The van der Waals surface area contributed by atoms with Crippen molar-refractivity contribution in [3.8, 4) is 5.75 Å². The maximum absolute atomic E-state index is 12.4. The molecule has 0 atom stereocenters. The van der Waals surface area contributed by atoms with Crippen LogP contribution in [0, 0.1) is 13.8 Å². The Bertz CT molecular complexity index is 933. The average molecular weight is 397 g/mol. The van der Waals surface area contributed by atoms with Crippen LogP contribution in [0.25, 0.3) is 0 Å². The summed E-state index contributed by atoms with van der Waals surface area (Å²) in [5.74, 6) is 0.477. The summed E-state index contributed by atoms with van der Waals surface area (Å²) in [5.41, 5.74) is 4.29. The van der Waals surface area contributed by atoms with Crippen molar-refractivity contribution in [1.29, 1.82) is 0 Å². The lowest BCUT2D eigenvalue weighted by Crippen LogP contribution is -2.22. The van der Waals surface area contributed by atoms with Gasteiger partial charge in [-0.25, -0.2) is 0 Å². The number of nitrogens with one attached hydrogen (secondary N) is 1. The molecule has 2 aromatic carbocycles. The quantitative estimate of drug-likeness (QED) is 0.639.